The van der Waals surface area contributed by atoms with Gasteiger partial charge in [0.05, 0.1) is 6.61 Å². The van der Waals surface area contributed by atoms with Gasteiger partial charge in [0.2, 0.25) is 0 Å². The molecule has 6 atom stereocenters. The summed E-state index contributed by atoms with van der Waals surface area (Å²) in [6.07, 6.45) is -4.03. The average Bonchev–Trinajstić information content (AvgIpc) is 2.51. The van der Waals surface area contributed by atoms with Crippen molar-refractivity contribution in [3.8, 4) is 0 Å². The van der Waals surface area contributed by atoms with Crippen LogP contribution in [0.4, 0.5) is 0 Å². The van der Waals surface area contributed by atoms with Crippen LogP contribution in [-0.2, 0) is 30.2 Å². The van der Waals surface area contributed by atoms with E-state index in [0.717, 1.165) is 0 Å². The molecule has 0 radical (unpaired) electrons. The van der Waals surface area contributed by atoms with Gasteiger partial charge in [0, 0.05) is 29.2 Å². The van der Waals surface area contributed by atoms with Crippen molar-refractivity contribution in [1.82, 2.24) is 0 Å². The van der Waals surface area contributed by atoms with Gasteiger partial charge in [-0.1, -0.05) is 16.9 Å². The second-order valence-corrected chi connectivity index (χ2v) is 8.86. The fourth-order valence-electron chi connectivity index (χ4n) is 1.94. The second kappa shape index (κ2) is 12.8. The third-order valence-corrected chi connectivity index (χ3v) is 5.45. The Labute approximate surface area is 200 Å². The third kappa shape index (κ3) is 9.68. The van der Waals surface area contributed by atoms with Crippen molar-refractivity contribution in [2.45, 2.75) is 42.7 Å². The van der Waals surface area contributed by atoms with Crippen LogP contribution in [0, 0.1) is 0 Å². The van der Waals surface area contributed by atoms with Crippen molar-refractivity contribution < 1.29 is 98.0 Å². The molecule has 1 heterocycles. The number of nitrogens with zero attached hydrogens (tertiary/aromatic N) is 1. The maximum atomic E-state index is 11.1. The van der Waals surface area contributed by atoms with E-state index in [0.29, 0.717) is 18.2 Å². The summed E-state index contributed by atoms with van der Waals surface area (Å²) >= 11 is 0.659. The van der Waals surface area contributed by atoms with Crippen molar-refractivity contribution in [3.05, 3.63) is 0 Å². The number of rotatable bonds is 8. The molecule has 1 rings (SSSR count). The smallest absolute Gasteiger partial charge is 0.714 e. The molecule has 1 saturated heterocycles. The van der Waals surface area contributed by atoms with Crippen LogP contribution in [0.15, 0.2) is 5.16 Å². The van der Waals surface area contributed by atoms with Crippen molar-refractivity contribution in [3.63, 3.8) is 0 Å². The number of thioether (sulfide) groups is 1. The number of ether oxygens (including phenoxy) is 1. The standard InChI is InChI=1S/C11H21NO10S3.K/c1-24(17)4-2-3-7(12-22-25(18,19)20)23-11-10(16)9(15)8(14)6(5-13)21-11;/h6,8-11,13-16H,2-5H2,1H3,(H,18,19,20);/q;+1/p-1/b12-7-;/t6-,8-,9+,10-,11+,24?;/m1./s1. The monoisotopic (exact) mass is 461 g/mol. The second-order valence-electron chi connectivity index (χ2n) is 5.16. The van der Waals surface area contributed by atoms with Gasteiger partial charge in [0.15, 0.2) is 0 Å². The Balaban J connectivity index is 0.00000625. The summed E-state index contributed by atoms with van der Waals surface area (Å²) in [5.41, 5.74) is -1.21. The summed E-state index contributed by atoms with van der Waals surface area (Å²) < 4.78 is 51.8. The average molecular weight is 462 g/mol. The molecule has 1 unspecified atom stereocenters. The molecule has 0 aromatic carbocycles. The van der Waals surface area contributed by atoms with Crippen LogP contribution in [0.5, 0.6) is 0 Å². The summed E-state index contributed by atoms with van der Waals surface area (Å²) in [6.45, 7) is -0.630. The summed E-state index contributed by atoms with van der Waals surface area (Å²) in [4.78, 5) is 0. The molecule has 1 aliphatic rings. The van der Waals surface area contributed by atoms with Gasteiger partial charge in [-0.25, -0.2) is 0 Å². The van der Waals surface area contributed by atoms with Gasteiger partial charge in [-0.15, -0.1) is 0 Å². The first kappa shape index (κ1) is 27.3. The van der Waals surface area contributed by atoms with Crippen LogP contribution in [0.3, 0.4) is 0 Å². The van der Waals surface area contributed by atoms with E-state index in [-0.39, 0.29) is 68.6 Å². The van der Waals surface area contributed by atoms with E-state index in [1.54, 1.807) is 0 Å². The Morgan fingerprint density at radius 2 is 1.92 bits per heavy atom. The van der Waals surface area contributed by atoms with Crippen LogP contribution in [0.2, 0.25) is 0 Å². The van der Waals surface area contributed by atoms with E-state index in [4.69, 9.17) is 9.84 Å². The minimum atomic E-state index is -5.09. The first-order valence-corrected chi connectivity index (χ1v) is 11.0. The molecule has 0 bridgehead atoms. The van der Waals surface area contributed by atoms with E-state index in [1.807, 2.05) is 0 Å². The molecule has 1 fully saturated rings. The molecule has 148 valence electrons. The summed E-state index contributed by atoms with van der Waals surface area (Å²) in [6, 6.07) is 0. The molecule has 0 saturated carbocycles. The third-order valence-electron chi connectivity index (χ3n) is 3.15. The minimum absolute atomic E-state index is 0. The SMILES string of the molecule is CS(=O)CCC/C(=N/OS(=O)(=O)[O-])S[C@@H]1O[C@H](CO)[C@@H](O)[C@H](O)[C@H]1O.[K+]. The first-order valence-electron chi connectivity index (χ1n) is 7.03. The Bertz CT molecular complexity index is 587. The zero-order valence-electron chi connectivity index (χ0n) is 14.1. The molecule has 0 aliphatic carbocycles. The van der Waals surface area contributed by atoms with Crippen molar-refractivity contribution in [2.24, 2.45) is 5.16 Å². The first-order chi connectivity index (χ1) is 11.5. The largest absolute Gasteiger partial charge is 1.00 e. The van der Waals surface area contributed by atoms with Crippen LogP contribution < -0.4 is 51.4 Å². The molecule has 4 N–H and O–H groups in total. The van der Waals surface area contributed by atoms with Crippen molar-refractivity contribution in [2.75, 3.05) is 18.6 Å². The number of aliphatic hydroxyl groups excluding tert-OH is 4. The normalized spacial score (nSPS) is 31.2. The van der Waals surface area contributed by atoms with Gasteiger partial charge < -0.3 is 29.7 Å². The van der Waals surface area contributed by atoms with E-state index in [9.17, 15) is 32.5 Å². The Kier molecular flexibility index (Phi) is 13.4. The predicted molar refractivity (Wildman–Crippen MR) is 87.7 cm³/mol. The van der Waals surface area contributed by atoms with E-state index < -0.39 is 57.7 Å². The molecule has 0 aromatic heterocycles. The van der Waals surface area contributed by atoms with Gasteiger partial charge in [0.25, 0.3) is 10.4 Å². The summed E-state index contributed by atoms with van der Waals surface area (Å²) in [7, 11) is -6.20. The van der Waals surface area contributed by atoms with Crippen LogP contribution in [0.25, 0.3) is 0 Å². The summed E-state index contributed by atoms with van der Waals surface area (Å²) in [5.74, 6) is 0.276. The molecule has 15 heteroatoms. The molecule has 11 nitrogen and oxygen atoms in total. The maximum absolute atomic E-state index is 11.1. The van der Waals surface area contributed by atoms with Crippen LogP contribution in [0.1, 0.15) is 12.8 Å². The zero-order chi connectivity index (χ0) is 19.2. The fraction of sp³-hybridized carbons (Fsp3) is 0.909. The van der Waals surface area contributed by atoms with Gasteiger partial charge in [-0.2, -0.15) is 8.42 Å². The van der Waals surface area contributed by atoms with Gasteiger partial charge in [0.1, 0.15) is 34.9 Å². The Morgan fingerprint density at radius 1 is 1.31 bits per heavy atom. The van der Waals surface area contributed by atoms with Gasteiger partial charge in [-0.3, -0.25) is 8.49 Å². The number of oxime groups is 1. The number of hydrogen-bond acceptors (Lipinski definition) is 12. The maximum Gasteiger partial charge on any atom is 1.00 e. The summed E-state index contributed by atoms with van der Waals surface area (Å²) in [5, 5.41) is 41.7. The molecule has 0 aromatic rings. The van der Waals surface area contributed by atoms with Crippen molar-refractivity contribution in [1.29, 1.82) is 0 Å². The topological polar surface area (TPSA) is 186 Å². The molecule has 0 amide bonds. The van der Waals surface area contributed by atoms with E-state index >= 15 is 0 Å². The predicted octanol–water partition coefficient (Wildman–Crippen LogP) is -5.53. The van der Waals surface area contributed by atoms with Crippen molar-refractivity contribution >= 4 is 38.0 Å². The fourth-order valence-corrected chi connectivity index (χ4v) is 3.83. The minimum Gasteiger partial charge on any atom is -0.714 e. The van der Waals surface area contributed by atoms with E-state index in [2.05, 4.69) is 9.44 Å². The number of aliphatic hydroxyl groups is 4. The van der Waals surface area contributed by atoms with Crippen LogP contribution in [-0.4, -0.2) is 91.1 Å². The zero-order valence-corrected chi connectivity index (χ0v) is 19.7. The van der Waals surface area contributed by atoms with Crippen LogP contribution >= 0.6 is 11.8 Å². The quantitative estimate of drug-likeness (QED) is 0.0674. The number of hydrogen-bond donors (Lipinski definition) is 4. The Hall–Kier alpha value is 1.32. The molecule has 1 aliphatic heterocycles. The molecular weight excluding hydrogens is 441 g/mol. The molecular formula is C11H20KNO10S3. The van der Waals surface area contributed by atoms with E-state index in [1.165, 1.54) is 6.26 Å². The Morgan fingerprint density at radius 3 is 2.42 bits per heavy atom. The van der Waals surface area contributed by atoms with Gasteiger partial charge in [-0.05, 0) is 6.42 Å². The molecule has 26 heavy (non-hydrogen) atoms. The molecule has 0 spiro atoms. The van der Waals surface area contributed by atoms with Gasteiger partial charge >= 0.3 is 51.4 Å².